The molecular formula is C26H28ClFN4O5. The van der Waals surface area contributed by atoms with E-state index in [1.807, 2.05) is 13.8 Å². The van der Waals surface area contributed by atoms with Crippen LogP contribution in [0.4, 0.5) is 21.6 Å². The molecule has 37 heavy (non-hydrogen) atoms. The molecule has 9 nitrogen and oxygen atoms in total. The van der Waals surface area contributed by atoms with Gasteiger partial charge in [0.05, 0.1) is 16.2 Å². The zero-order valence-electron chi connectivity index (χ0n) is 21.1. The lowest BCUT2D eigenvalue weighted by Gasteiger charge is -2.21. The maximum absolute atomic E-state index is 14.7. The SMILES string of the molecule is CC.Cc1ccc(Nc2c(C(=O)NC3CC3)c(Oc3cccc([N+](=O)[O-])c3Cl)c(C)c(=O)n2C)c(F)c1. The number of benzene rings is 2. The van der Waals surface area contributed by atoms with Crippen molar-refractivity contribution in [2.24, 2.45) is 7.05 Å². The van der Waals surface area contributed by atoms with E-state index < -0.39 is 27.9 Å². The number of nitrogens with zero attached hydrogens (tertiary/aromatic N) is 2. The van der Waals surface area contributed by atoms with Crippen LogP contribution in [0.15, 0.2) is 41.2 Å². The molecule has 1 aliphatic rings. The predicted octanol–water partition coefficient (Wildman–Crippen LogP) is 6.16. The van der Waals surface area contributed by atoms with Crippen LogP contribution in [-0.2, 0) is 7.05 Å². The number of amides is 1. The summed E-state index contributed by atoms with van der Waals surface area (Å²) in [6.07, 6.45) is 1.61. The fraction of sp³-hybridized carbons (Fsp3) is 0.308. The number of ether oxygens (including phenoxy) is 1. The Balaban J connectivity index is 0.00000186. The van der Waals surface area contributed by atoms with Gasteiger partial charge in [0.2, 0.25) is 0 Å². The maximum atomic E-state index is 14.7. The first-order valence-corrected chi connectivity index (χ1v) is 12.1. The van der Waals surface area contributed by atoms with E-state index in [9.17, 15) is 24.1 Å². The monoisotopic (exact) mass is 530 g/mol. The zero-order chi connectivity index (χ0) is 27.4. The summed E-state index contributed by atoms with van der Waals surface area (Å²) in [6.45, 7) is 7.20. The summed E-state index contributed by atoms with van der Waals surface area (Å²) in [5.74, 6) is -1.36. The van der Waals surface area contributed by atoms with Gasteiger partial charge in [-0.25, -0.2) is 4.39 Å². The van der Waals surface area contributed by atoms with Crippen LogP contribution in [0.5, 0.6) is 11.5 Å². The second-order valence-corrected chi connectivity index (χ2v) is 8.72. The molecule has 196 valence electrons. The zero-order valence-corrected chi connectivity index (χ0v) is 21.9. The van der Waals surface area contributed by atoms with Crippen LogP contribution < -0.4 is 20.9 Å². The second-order valence-electron chi connectivity index (χ2n) is 8.35. The topological polar surface area (TPSA) is 116 Å². The Labute approximate surface area is 218 Å². The highest BCUT2D eigenvalue weighted by atomic mass is 35.5. The molecule has 0 aliphatic heterocycles. The van der Waals surface area contributed by atoms with Gasteiger partial charge in [-0.05, 0) is 50.5 Å². The molecular weight excluding hydrogens is 503 g/mol. The van der Waals surface area contributed by atoms with E-state index >= 15 is 0 Å². The van der Waals surface area contributed by atoms with E-state index in [2.05, 4.69) is 10.6 Å². The van der Waals surface area contributed by atoms with Crippen LogP contribution in [-0.4, -0.2) is 21.4 Å². The first kappa shape index (κ1) is 27.7. The Morgan fingerprint density at radius 2 is 1.89 bits per heavy atom. The van der Waals surface area contributed by atoms with Gasteiger partial charge in [-0.15, -0.1) is 0 Å². The predicted molar refractivity (Wildman–Crippen MR) is 141 cm³/mol. The molecule has 1 amide bonds. The first-order chi connectivity index (χ1) is 17.6. The number of aromatic nitrogens is 1. The number of rotatable bonds is 7. The molecule has 3 aromatic rings. The summed E-state index contributed by atoms with van der Waals surface area (Å²) in [4.78, 5) is 37.1. The molecule has 0 atom stereocenters. The third kappa shape index (κ3) is 5.91. The molecule has 0 spiro atoms. The number of nitro groups is 1. The number of nitrogens with one attached hydrogen (secondary N) is 2. The molecule has 4 rings (SSSR count). The number of hydrogen-bond acceptors (Lipinski definition) is 6. The molecule has 2 N–H and O–H groups in total. The number of hydrogen-bond donors (Lipinski definition) is 2. The summed E-state index contributed by atoms with van der Waals surface area (Å²) >= 11 is 6.19. The summed E-state index contributed by atoms with van der Waals surface area (Å²) in [5.41, 5.74) is -0.143. The molecule has 11 heteroatoms. The first-order valence-electron chi connectivity index (χ1n) is 11.8. The minimum absolute atomic E-state index is 0.00180. The number of pyridine rings is 1. The van der Waals surface area contributed by atoms with Crippen molar-refractivity contribution in [1.29, 1.82) is 0 Å². The van der Waals surface area contributed by atoms with Gasteiger partial charge in [0.25, 0.3) is 17.2 Å². The van der Waals surface area contributed by atoms with E-state index in [4.69, 9.17) is 16.3 Å². The van der Waals surface area contributed by atoms with Crippen LogP contribution in [0.1, 0.15) is 48.2 Å². The highest BCUT2D eigenvalue weighted by Crippen LogP contribution is 2.40. The lowest BCUT2D eigenvalue weighted by Crippen LogP contribution is -2.31. The maximum Gasteiger partial charge on any atom is 0.291 e. The molecule has 0 radical (unpaired) electrons. The van der Waals surface area contributed by atoms with Crippen molar-refractivity contribution in [3.05, 3.63) is 84.4 Å². The smallest absolute Gasteiger partial charge is 0.291 e. The largest absolute Gasteiger partial charge is 0.454 e. The van der Waals surface area contributed by atoms with Gasteiger partial charge in [0, 0.05) is 19.2 Å². The van der Waals surface area contributed by atoms with Gasteiger partial charge in [-0.2, -0.15) is 0 Å². The van der Waals surface area contributed by atoms with Crippen LogP contribution in [0.3, 0.4) is 0 Å². The van der Waals surface area contributed by atoms with E-state index in [-0.39, 0.29) is 45.2 Å². The summed E-state index contributed by atoms with van der Waals surface area (Å²) < 4.78 is 21.8. The Kier molecular flexibility index (Phi) is 8.54. The molecule has 0 unspecified atom stereocenters. The molecule has 1 saturated carbocycles. The van der Waals surface area contributed by atoms with Crippen molar-refractivity contribution in [2.45, 2.75) is 46.6 Å². The highest BCUT2D eigenvalue weighted by Gasteiger charge is 2.31. The number of halogens is 2. The molecule has 1 heterocycles. The van der Waals surface area contributed by atoms with Crippen molar-refractivity contribution in [3.63, 3.8) is 0 Å². The van der Waals surface area contributed by atoms with Crippen LogP contribution in [0, 0.1) is 29.8 Å². The average Bonchev–Trinajstić information content (AvgIpc) is 3.68. The third-order valence-electron chi connectivity index (χ3n) is 5.63. The van der Waals surface area contributed by atoms with Crippen molar-refractivity contribution in [1.82, 2.24) is 9.88 Å². The summed E-state index contributed by atoms with van der Waals surface area (Å²) in [5, 5.41) is 16.7. The number of nitro benzene ring substituents is 1. The lowest BCUT2D eigenvalue weighted by atomic mass is 10.1. The molecule has 2 aromatic carbocycles. The summed E-state index contributed by atoms with van der Waals surface area (Å²) in [7, 11) is 1.45. The van der Waals surface area contributed by atoms with Crippen LogP contribution >= 0.6 is 11.6 Å². The Hall–Kier alpha value is -3.92. The Morgan fingerprint density at radius 1 is 1.22 bits per heavy atom. The molecule has 0 bridgehead atoms. The van der Waals surface area contributed by atoms with Crippen LogP contribution in [0.2, 0.25) is 5.02 Å². The molecule has 0 saturated heterocycles. The van der Waals surface area contributed by atoms with Crippen molar-refractivity contribution in [2.75, 3.05) is 5.32 Å². The number of aryl methyl sites for hydroxylation is 1. The Morgan fingerprint density at radius 3 is 2.49 bits per heavy atom. The van der Waals surface area contributed by atoms with Gasteiger partial charge >= 0.3 is 0 Å². The normalized spacial score (nSPS) is 12.3. The number of carbonyl (C=O) groups is 1. The average molecular weight is 531 g/mol. The minimum atomic E-state index is -0.667. The van der Waals surface area contributed by atoms with E-state index in [0.717, 1.165) is 12.8 Å². The fourth-order valence-corrected chi connectivity index (χ4v) is 3.79. The van der Waals surface area contributed by atoms with E-state index in [0.29, 0.717) is 5.56 Å². The van der Waals surface area contributed by atoms with Gasteiger partial charge in [0.1, 0.15) is 17.2 Å². The van der Waals surface area contributed by atoms with Crippen molar-refractivity contribution < 1.29 is 18.8 Å². The van der Waals surface area contributed by atoms with Crippen molar-refractivity contribution in [3.8, 4) is 11.5 Å². The van der Waals surface area contributed by atoms with E-state index in [1.54, 1.807) is 13.0 Å². The Bertz CT molecular complexity index is 1420. The quantitative estimate of drug-likeness (QED) is 0.279. The van der Waals surface area contributed by atoms with Crippen molar-refractivity contribution >= 4 is 34.7 Å². The second kappa shape index (κ2) is 11.4. The molecule has 1 fully saturated rings. The lowest BCUT2D eigenvalue weighted by molar-refractivity contribution is -0.384. The van der Waals surface area contributed by atoms with Gasteiger partial charge < -0.3 is 15.4 Å². The molecule has 1 aromatic heterocycles. The minimum Gasteiger partial charge on any atom is -0.454 e. The third-order valence-corrected chi connectivity index (χ3v) is 6.01. The standard InChI is InChI=1S/C24H22ClFN4O5.C2H6/c1-12-7-10-16(15(26)11-12)28-22-19(23(31)27-14-8-9-14)21(13(2)24(32)29(22)3)35-18-6-4-5-17(20(18)25)30(33)34;1-2/h4-7,10-11,14,28H,8-9H2,1-3H3,(H,27,31);1-2H3. The number of carbonyl (C=O) groups excluding carboxylic acids is 1. The molecule has 1 aliphatic carbocycles. The fourth-order valence-electron chi connectivity index (χ4n) is 3.56. The summed E-state index contributed by atoms with van der Waals surface area (Å²) in [6, 6.07) is 8.44. The van der Waals surface area contributed by atoms with E-state index in [1.165, 1.54) is 48.9 Å². The highest BCUT2D eigenvalue weighted by molar-refractivity contribution is 6.34. The van der Waals surface area contributed by atoms with Gasteiger partial charge in [0.15, 0.2) is 16.5 Å². The van der Waals surface area contributed by atoms with Gasteiger partial charge in [-0.1, -0.05) is 37.6 Å². The number of anilines is 2. The van der Waals surface area contributed by atoms with Gasteiger partial charge in [-0.3, -0.25) is 24.3 Å². The van der Waals surface area contributed by atoms with Crippen LogP contribution in [0.25, 0.3) is 0 Å².